The third kappa shape index (κ3) is 5.23. The van der Waals surface area contributed by atoms with Crippen LogP contribution in [0, 0.1) is 11.6 Å². The van der Waals surface area contributed by atoms with Crippen molar-refractivity contribution in [1.82, 2.24) is 5.32 Å². The van der Waals surface area contributed by atoms with E-state index in [0.717, 1.165) is 18.2 Å². The fourth-order valence-corrected chi connectivity index (χ4v) is 2.84. The molecule has 3 aromatic carbocycles. The molecule has 0 atom stereocenters. The van der Waals surface area contributed by atoms with Crippen LogP contribution in [0.4, 0.5) is 25.0 Å². The molecule has 0 aliphatic heterocycles. The van der Waals surface area contributed by atoms with Crippen LogP contribution in [0.3, 0.4) is 0 Å². The van der Waals surface area contributed by atoms with Crippen LogP contribution in [-0.2, 0) is 0 Å². The van der Waals surface area contributed by atoms with Gasteiger partial charge in [-0.1, -0.05) is 17.7 Å². The lowest BCUT2D eigenvalue weighted by molar-refractivity contribution is 0.0957. The maximum absolute atomic E-state index is 13.6. The highest BCUT2D eigenvalue weighted by Gasteiger charge is 2.19. The number of imide groups is 1. The van der Waals surface area contributed by atoms with Crippen molar-refractivity contribution in [2.45, 2.75) is 0 Å². The molecular formula is C22H16ClF2N3O3. The van der Waals surface area contributed by atoms with Crippen LogP contribution in [-0.4, -0.2) is 24.9 Å². The first-order valence-electron chi connectivity index (χ1n) is 8.96. The molecule has 0 aliphatic rings. The number of nitrogens with zero attached hydrogens (tertiary/aromatic N) is 1. The van der Waals surface area contributed by atoms with Crippen molar-refractivity contribution in [3.63, 3.8) is 0 Å². The summed E-state index contributed by atoms with van der Waals surface area (Å²) < 4.78 is 27.3. The van der Waals surface area contributed by atoms with Crippen LogP contribution < -0.4 is 15.5 Å². The van der Waals surface area contributed by atoms with Crippen LogP contribution in [0.25, 0.3) is 0 Å². The average molecular weight is 444 g/mol. The smallest absolute Gasteiger partial charge is 0.311 e. The molecule has 158 valence electrons. The van der Waals surface area contributed by atoms with Gasteiger partial charge in [-0.15, -0.1) is 0 Å². The Labute approximate surface area is 181 Å². The molecule has 0 saturated carbocycles. The number of amides is 4. The number of halogens is 3. The number of rotatable bonds is 4. The number of benzene rings is 3. The molecule has 3 rings (SSSR count). The van der Waals surface area contributed by atoms with Crippen LogP contribution >= 0.6 is 11.6 Å². The standard InChI is InChI=1S/C22H16ClF2N3O3/c1-28(16-11-7-14(23)8-12-16)21(30)13-5-9-15(10-6-13)26-22(31)27-20(29)19-17(24)3-2-4-18(19)25/h2-12H,1H3,(H2,26,27,29,31). The first-order valence-corrected chi connectivity index (χ1v) is 9.34. The molecule has 0 aliphatic carbocycles. The molecule has 2 N–H and O–H groups in total. The summed E-state index contributed by atoms with van der Waals surface area (Å²) in [5.74, 6) is -3.68. The zero-order valence-electron chi connectivity index (χ0n) is 16.2. The minimum Gasteiger partial charge on any atom is -0.311 e. The second-order valence-electron chi connectivity index (χ2n) is 6.42. The Morgan fingerprint density at radius 3 is 2.03 bits per heavy atom. The average Bonchev–Trinajstić information content (AvgIpc) is 2.73. The second-order valence-corrected chi connectivity index (χ2v) is 6.86. The summed E-state index contributed by atoms with van der Waals surface area (Å²) in [4.78, 5) is 38.0. The highest BCUT2D eigenvalue weighted by Crippen LogP contribution is 2.20. The van der Waals surface area contributed by atoms with Gasteiger partial charge in [0, 0.05) is 29.0 Å². The molecule has 0 bridgehead atoms. The molecule has 31 heavy (non-hydrogen) atoms. The van der Waals surface area contributed by atoms with Crippen LogP contribution in [0.5, 0.6) is 0 Å². The summed E-state index contributed by atoms with van der Waals surface area (Å²) in [5, 5.41) is 4.76. The van der Waals surface area contributed by atoms with E-state index in [1.54, 1.807) is 31.3 Å². The summed E-state index contributed by atoms with van der Waals surface area (Å²) in [5.41, 5.74) is 0.414. The van der Waals surface area contributed by atoms with Crippen LogP contribution in [0.15, 0.2) is 66.7 Å². The zero-order valence-corrected chi connectivity index (χ0v) is 16.9. The molecule has 0 aromatic heterocycles. The number of nitrogens with one attached hydrogen (secondary N) is 2. The predicted octanol–water partition coefficient (Wildman–Crippen LogP) is 4.86. The predicted molar refractivity (Wildman–Crippen MR) is 113 cm³/mol. The van der Waals surface area contributed by atoms with E-state index in [9.17, 15) is 23.2 Å². The van der Waals surface area contributed by atoms with E-state index < -0.39 is 29.1 Å². The Hall–Kier alpha value is -3.78. The lowest BCUT2D eigenvalue weighted by atomic mass is 10.1. The normalized spacial score (nSPS) is 10.3. The Morgan fingerprint density at radius 2 is 1.45 bits per heavy atom. The van der Waals surface area contributed by atoms with Crippen molar-refractivity contribution in [2.75, 3.05) is 17.3 Å². The van der Waals surface area contributed by atoms with E-state index in [1.165, 1.54) is 29.2 Å². The first kappa shape index (κ1) is 21.9. The minimum atomic E-state index is -1.22. The zero-order chi connectivity index (χ0) is 22.5. The quantitative estimate of drug-likeness (QED) is 0.604. The molecule has 0 spiro atoms. The van der Waals surface area contributed by atoms with Crippen molar-refractivity contribution in [3.05, 3.63) is 94.5 Å². The molecule has 0 saturated heterocycles. The van der Waals surface area contributed by atoms with Crippen molar-refractivity contribution in [2.24, 2.45) is 0 Å². The Morgan fingerprint density at radius 1 is 0.871 bits per heavy atom. The monoisotopic (exact) mass is 443 g/mol. The highest BCUT2D eigenvalue weighted by atomic mass is 35.5. The van der Waals surface area contributed by atoms with Gasteiger partial charge in [0.2, 0.25) is 0 Å². The molecule has 6 nitrogen and oxygen atoms in total. The van der Waals surface area contributed by atoms with Gasteiger partial charge in [-0.2, -0.15) is 0 Å². The van der Waals surface area contributed by atoms with E-state index in [4.69, 9.17) is 11.6 Å². The molecule has 4 amide bonds. The van der Waals surface area contributed by atoms with Crippen molar-refractivity contribution < 1.29 is 23.2 Å². The Kier molecular flexibility index (Phi) is 6.61. The number of carbonyl (C=O) groups is 3. The van der Waals surface area contributed by atoms with E-state index in [1.807, 2.05) is 5.32 Å². The van der Waals surface area contributed by atoms with Gasteiger partial charge in [-0.25, -0.2) is 13.6 Å². The minimum absolute atomic E-state index is 0.269. The number of carbonyl (C=O) groups excluding carboxylic acids is 3. The molecule has 0 heterocycles. The van der Waals surface area contributed by atoms with Crippen molar-refractivity contribution >= 4 is 40.8 Å². The van der Waals surface area contributed by atoms with Crippen molar-refractivity contribution in [1.29, 1.82) is 0 Å². The van der Waals surface area contributed by atoms with Gasteiger partial charge in [0.25, 0.3) is 11.8 Å². The summed E-state index contributed by atoms with van der Waals surface area (Å²) in [7, 11) is 1.61. The van der Waals surface area contributed by atoms with Gasteiger partial charge >= 0.3 is 6.03 Å². The topological polar surface area (TPSA) is 78.5 Å². The van der Waals surface area contributed by atoms with Crippen LogP contribution in [0.2, 0.25) is 5.02 Å². The van der Waals surface area contributed by atoms with E-state index >= 15 is 0 Å². The number of anilines is 2. The third-order valence-electron chi connectivity index (χ3n) is 4.33. The maximum atomic E-state index is 13.6. The largest absolute Gasteiger partial charge is 0.326 e. The number of urea groups is 1. The van der Waals surface area contributed by atoms with Gasteiger partial charge in [-0.05, 0) is 60.7 Å². The van der Waals surface area contributed by atoms with Gasteiger partial charge in [0.1, 0.15) is 17.2 Å². The molecule has 0 radical (unpaired) electrons. The van der Waals surface area contributed by atoms with E-state index in [0.29, 0.717) is 16.3 Å². The van der Waals surface area contributed by atoms with Crippen LogP contribution in [0.1, 0.15) is 20.7 Å². The van der Waals surface area contributed by atoms with Gasteiger partial charge in [0.05, 0.1) is 0 Å². The third-order valence-corrected chi connectivity index (χ3v) is 4.58. The van der Waals surface area contributed by atoms with E-state index in [2.05, 4.69) is 5.32 Å². The molecule has 3 aromatic rings. The first-order chi connectivity index (χ1) is 14.8. The van der Waals surface area contributed by atoms with E-state index in [-0.39, 0.29) is 11.6 Å². The Balaban J connectivity index is 1.63. The summed E-state index contributed by atoms with van der Waals surface area (Å²) in [6.45, 7) is 0. The summed E-state index contributed by atoms with van der Waals surface area (Å²) in [6, 6.07) is 14.6. The SMILES string of the molecule is CN(C(=O)c1ccc(NC(=O)NC(=O)c2c(F)cccc2F)cc1)c1ccc(Cl)cc1. The lowest BCUT2D eigenvalue weighted by Gasteiger charge is -2.17. The maximum Gasteiger partial charge on any atom is 0.326 e. The highest BCUT2D eigenvalue weighted by molar-refractivity contribution is 6.30. The summed E-state index contributed by atoms with van der Waals surface area (Å²) >= 11 is 5.85. The molecule has 0 unspecified atom stereocenters. The molecule has 0 fully saturated rings. The van der Waals surface area contributed by atoms with Gasteiger partial charge in [-0.3, -0.25) is 14.9 Å². The number of hydrogen-bond acceptors (Lipinski definition) is 3. The fourth-order valence-electron chi connectivity index (χ4n) is 2.71. The second kappa shape index (κ2) is 9.36. The van der Waals surface area contributed by atoms with Gasteiger partial charge < -0.3 is 10.2 Å². The molecule has 9 heteroatoms. The van der Waals surface area contributed by atoms with Gasteiger partial charge in [0.15, 0.2) is 0 Å². The summed E-state index contributed by atoms with van der Waals surface area (Å²) in [6.07, 6.45) is 0. The fraction of sp³-hybridized carbons (Fsp3) is 0.0455. The van der Waals surface area contributed by atoms with Crippen molar-refractivity contribution in [3.8, 4) is 0 Å². The lowest BCUT2D eigenvalue weighted by Crippen LogP contribution is -2.35. The molecular weight excluding hydrogens is 428 g/mol. The Bertz CT molecular complexity index is 1120. The number of hydrogen-bond donors (Lipinski definition) is 2.